The van der Waals surface area contributed by atoms with Crippen LogP contribution in [0.3, 0.4) is 0 Å². The molecule has 0 bridgehead atoms. The minimum absolute atomic E-state index is 0.00450. The van der Waals surface area contributed by atoms with E-state index >= 15 is 0 Å². The molecule has 0 aliphatic carbocycles. The Labute approximate surface area is 109 Å². The van der Waals surface area contributed by atoms with Gasteiger partial charge in [-0.15, -0.1) is 11.3 Å². The summed E-state index contributed by atoms with van der Waals surface area (Å²) in [5.41, 5.74) is 1.90. The van der Waals surface area contributed by atoms with Crippen molar-refractivity contribution < 1.29 is 4.92 Å². The molecule has 0 fully saturated rings. The van der Waals surface area contributed by atoms with E-state index in [1.807, 2.05) is 11.4 Å². The number of nitro benzene ring substituents is 1. The van der Waals surface area contributed by atoms with Gasteiger partial charge in [0.05, 0.1) is 10.6 Å². The molecule has 1 aromatic carbocycles. The first-order chi connectivity index (χ1) is 8.38. The highest BCUT2D eigenvalue weighted by Gasteiger charge is 2.18. The molecule has 2 aromatic rings. The van der Waals surface area contributed by atoms with E-state index in [0.29, 0.717) is 0 Å². The maximum atomic E-state index is 10.7. The first kappa shape index (κ1) is 12.7. The van der Waals surface area contributed by atoms with Crippen LogP contribution in [0, 0.1) is 10.1 Å². The molecule has 0 amide bonds. The molecule has 1 aromatic heterocycles. The van der Waals surface area contributed by atoms with Gasteiger partial charge in [-0.05, 0) is 0 Å². The van der Waals surface area contributed by atoms with Crippen molar-refractivity contribution in [2.75, 3.05) is 0 Å². The van der Waals surface area contributed by atoms with Crippen LogP contribution in [0.15, 0.2) is 29.6 Å². The fraction of sp³-hybridized carbons (Fsp3) is 0.308. The molecule has 0 aliphatic heterocycles. The molecule has 2 rings (SSSR count). The van der Waals surface area contributed by atoms with Gasteiger partial charge in [0.1, 0.15) is 5.01 Å². The third-order valence-corrected chi connectivity index (χ3v) is 3.47. The lowest BCUT2D eigenvalue weighted by molar-refractivity contribution is -0.384. The molecule has 0 N–H and O–H groups in total. The van der Waals surface area contributed by atoms with Gasteiger partial charge in [-0.2, -0.15) is 0 Å². The predicted octanol–water partition coefficient (Wildman–Crippen LogP) is 4.02. The minimum atomic E-state index is -0.387. The van der Waals surface area contributed by atoms with Gasteiger partial charge in [0.25, 0.3) is 5.69 Å². The summed E-state index contributed by atoms with van der Waals surface area (Å²) in [7, 11) is 0. The van der Waals surface area contributed by atoms with E-state index in [1.165, 1.54) is 17.4 Å². The van der Waals surface area contributed by atoms with Crippen molar-refractivity contribution in [3.05, 3.63) is 45.5 Å². The molecule has 0 saturated carbocycles. The summed E-state index contributed by atoms with van der Waals surface area (Å²) >= 11 is 1.52. The van der Waals surface area contributed by atoms with Crippen molar-refractivity contribution in [3.63, 3.8) is 0 Å². The zero-order chi connectivity index (χ0) is 13.3. The van der Waals surface area contributed by atoms with E-state index in [-0.39, 0.29) is 16.0 Å². The molecule has 0 spiro atoms. The Morgan fingerprint density at radius 3 is 2.61 bits per heavy atom. The number of non-ortho nitro benzene ring substituents is 1. The topological polar surface area (TPSA) is 56.0 Å². The van der Waals surface area contributed by atoms with Crippen molar-refractivity contribution in [1.29, 1.82) is 0 Å². The Kier molecular flexibility index (Phi) is 3.17. The fourth-order valence-electron chi connectivity index (χ4n) is 1.50. The molecular formula is C13H14N2O2S. The molecule has 0 atom stereocenters. The largest absolute Gasteiger partial charge is 0.270 e. The lowest BCUT2D eigenvalue weighted by atomic mass is 9.93. The SMILES string of the molecule is CC(C)(C)c1csc(-c2cccc([N+](=O)[O-])c2)n1. The van der Waals surface area contributed by atoms with Crippen LogP contribution in [0.2, 0.25) is 0 Å². The molecule has 0 unspecified atom stereocenters. The minimum Gasteiger partial charge on any atom is -0.258 e. The number of nitro groups is 1. The standard InChI is InChI=1S/C13H14N2O2S/c1-13(2,3)11-8-18-12(14-11)9-5-4-6-10(7-9)15(16)17/h4-8H,1-3H3. The molecule has 5 heteroatoms. The Bertz CT molecular complexity index is 585. The number of nitrogens with zero attached hydrogens (tertiary/aromatic N) is 2. The van der Waals surface area contributed by atoms with Crippen molar-refractivity contribution >= 4 is 17.0 Å². The maximum absolute atomic E-state index is 10.7. The highest BCUT2D eigenvalue weighted by molar-refractivity contribution is 7.13. The second-order valence-corrected chi connectivity index (χ2v) is 5.95. The number of rotatable bonds is 2. The summed E-state index contributed by atoms with van der Waals surface area (Å²) in [6, 6.07) is 6.58. The monoisotopic (exact) mass is 262 g/mol. The van der Waals surface area contributed by atoms with Crippen molar-refractivity contribution in [2.45, 2.75) is 26.2 Å². The third kappa shape index (κ3) is 2.56. The molecule has 94 valence electrons. The average molecular weight is 262 g/mol. The van der Waals surface area contributed by atoms with Gasteiger partial charge in [-0.25, -0.2) is 4.98 Å². The van der Waals surface area contributed by atoms with Gasteiger partial charge in [-0.1, -0.05) is 32.9 Å². The van der Waals surface area contributed by atoms with Gasteiger partial charge in [0.2, 0.25) is 0 Å². The zero-order valence-electron chi connectivity index (χ0n) is 10.5. The van der Waals surface area contributed by atoms with Crippen molar-refractivity contribution in [3.8, 4) is 10.6 Å². The summed E-state index contributed by atoms with van der Waals surface area (Å²) in [5, 5.41) is 13.6. The van der Waals surface area contributed by atoms with Gasteiger partial charge < -0.3 is 0 Å². The zero-order valence-corrected chi connectivity index (χ0v) is 11.3. The van der Waals surface area contributed by atoms with E-state index in [1.54, 1.807) is 12.1 Å². The normalized spacial score (nSPS) is 11.5. The summed E-state index contributed by atoms with van der Waals surface area (Å²) in [6.45, 7) is 6.29. The first-order valence-corrected chi connectivity index (χ1v) is 6.47. The van der Waals surface area contributed by atoms with E-state index < -0.39 is 0 Å². The molecule has 0 aliphatic rings. The van der Waals surface area contributed by atoms with Crippen LogP contribution in [0.5, 0.6) is 0 Å². The smallest absolute Gasteiger partial charge is 0.258 e. The second-order valence-electron chi connectivity index (χ2n) is 5.10. The maximum Gasteiger partial charge on any atom is 0.270 e. The molecule has 0 saturated heterocycles. The third-order valence-electron chi connectivity index (χ3n) is 2.58. The second kappa shape index (κ2) is 4.49. The molecule has 0 radical (unpaired) electrons. The van der Waals surface area contributed by atoms with Gasteiger partial charge >= 0.3 is 0 Å². The number of hydrogen-bond donors (Lipinski definition) is 0. The number of benzene rings is 1. The number of aromatic nitrogens is 1. The number of hydrogen-bond acceptors (Lipinski definition) is 4. The van der Waals surface area contributed by atoms with Crippen LogP contribution < -0.4 is 0 Å². The quantitative estimate of drug-likeness (QED) is 0.606. The Balaban J connectivity index is 2.40. The van der Waals surface area contributed by atoms with E-state index in [0.717, 1.165) is 16.3 Å². The Morgan fingerprint density at radius 2 is 2.06 bits per heavy atom. The summed E-state index contributed by atoms with van der Waals surface area (Å²) in [4.78, 5) is 14.9. The molecular weight excluding hydrogens is 248 g/mol. The predicted molar refractivity (Wildman–Crippen MR) is 72.9 cm³/mol. The van der Waals surface area contributed by atoms with Crippen LogP contribution in [0.4, 0.5) is 5.69 Å². The van der Waals surface area contributed by atoms with Gasteiger partial charge in [0, 0.05) is 28.5 Å². The highest BCUT2D eigenvalue weighted by Crippen LogP contribution is 2.31. The van der Waals surface area contributed by atoms with Crippen LogP contribution >= 0.6 is 11.3 Å². The summed E-state index contributed by atoms with van der Waals surface area (Å²) in [5.74, 6) is 0. The first-order valence-electron chi connectivity index (χ1n) is 5.59. The van der Waals surface area contributed by atoms with E-state index in [9.17, 15) is 10.1 Å². The molecule has 4 nitrogen and oxygen atoms in total. The van der Waals surface area contributed by atoms with Crippen LogP contribution in [0.1, 0.15) is 26.5 Å². The lowest BCUT2D eigenvalue weighted by Gasteiger charge is -2.14. The number of thiazole rings is 1. The lowest BCUT2D eigenvalue weighted by Crippen LogP contribution is -2.11. The van der Waals surface area contributed by atoms with Crippen molar-refractivity contribution in [2.24, 2.45) is 0 Å². The van der Waals surface area contributed by atoms with Gasteiger partial charge in [-0.3, -0.25) is 10.1 Å². The van der Waals surface area contributed by atoms with Crippen LogP contribution in [0.25, 0.3) is 10.6 Å². The Morgan fingerprint density at radius 1 is 1.33 bits per heavy atom. The summed E-state index contributed by atoms with van der Waals surface area (Å²) < 4.78 is 0. The Hall–Kier alpha value is -1.75. The van der Waals surface area contributed by atoms with Crippen molar-refractivity contribution in [1.82, 2.24) is 4.98 Å². The van der Waals surface area contributed by atoms with E-state index in [2.05, 4.69) is 25.8 Å². The van der Waals surface area contributed by atoms with Crippen LogP contribution in [-0.2, 0) is 5.41 Å². The van der Waals surface area contributed by atoms with E-state index in [4.69, 9.17) is 0 Å². The molecule has 18 heavy (non-hydrogen) atoms. The fourth-order valence-corrected chi connectivity index (χ4v) is 2.55. The highest BCUT2D eigenvalue weighted by atomic mass is 32.1. The average Bonchev–Trinajstić information content (AvgIpc) is 2.78. The van der Waals surface area contributed by atoms with Gasteiger partial charge in [0.15, 0.2) is 0 Å². The molecule has 1 heterocycles. The van der Waals surface area contributed by atoms with Crippen LogP contribution in [-0.4, -0.2) is 9.91 Å². The summed E-state index contributed by atoms with van der Waals surface area (Å²) in [6.07, 6.45) is 0.